The Morgan fingerprint density at radius 1 is 0.721 bits per heavy atom. The minimum absolute atomic E-state index is 0. The van der Waals surface area contributed by atoms with Crippen LogP contribution in [0, 0.1) is 0 Å². The minimum atomic E-state index is -4.36. The van der Waals surface area contributed by atoms with Crippen LogP contribution in [0.25, 0.3) is 44.8 Å². The summed E-state index contributed by atoms with van der Waals surface area (Å²) in [4.78, 5) is 53.2. The van der Waals surface area contributed by atoms with Crippen LogP contribution in [0.3, 0.4) is 0 Å². The van der Waals surface area contributed by atoms with Gasteiger partial charge in [0.05, 0.1) is 54.8 Å². The number of benzene rings is 4. The molecule has 0 spiro atoms. The Kier molecular flexibility index (Phi) is 7.24. The average molecular weight is 602 g/mol. The molecule has 6 aromatic rings. The van der Waals surface area contributed by atoms with Gasteiger partial charge in [0, 0.05) is 21.7 Å². The van der Waals surface area contributed by atoms with Gasteiger partial charge >= 0.3 is 41.5 Å². The Bertz CT molecular complexity index is 2010. The van der Waals surface area contributed by atoms with Gasteiger partial charge in [0.25, 0.3) is 0 Å². The largest absolute Gasteiger partial charge is 1.00 e. The average Bonchev–Trinajstić information content (AvgIpc) is 3.64. The summed E-state index contributed by atoms with van der Waals surface area (Å²) in [5.41, 5.74) is 4.19. The van der Waals surface area contributed by atoms with Gasteiger partial charge in [-0.25, -0.2) is 19.6 Å². The quantitative estimate of drug-likeness (QED) is 0.171. The molecule has 0 bridgehead atoms. The number of fused-ring (bicyclic) bond motifs is 4. The first-order valence-corrected chi connectivity index (χ1v) is 14.3. The second-order valence-corrected chi connectivity index (χ2v) is 11.7. The maximum atomic E-state index is 13.9. The number of esters is 2. The number of carbonyl (C=O) groups excluding carboxylic acids is 2. The summed E-state index contributed by atoms with van der Waals surface area (Å²) in [6.07, 6.45) is 0. The second-order valence-electron chi connectivity index (χ2n) is 9.64. The van der Waals surface area contributed by atoms with Gasteiger partial charge in [0.2, 0.25) is 0 Å². The van der Waals surface area contributed by atoms with E-state index in [4.69, 9.17) is 14.2 Å². The predicted octanol–water partition coefficient (Wildman–Crippen LogP) is 1.05. The van der Waals surface area contributed by atoms with E-state index >= 15 is 0 Å². The van der Waals surface area contributed by atoms with Crippen LogP contribution < -0.4 is 49.8 Å². The van der Waals surface area contributed by atoms with Gasteiger partial charge in [0.1, 0.15) is 23.1 Å². The summed E-state index contributed by atoms with van der Waals surface area (Å²) in [6, 6.07) is 19.5. The molecule has 4 aromatic carbocycles. The summed E-state index contributed by atoms with van der Waals surface area (Å²) in [5.74, 6) is 0.324. The molecule has 2 N–H and O–H groups in total. The van der Waals surface area contributed by atoms with E-state index in [1.165, 1.54) is 26.4 Å². The van der Waals surface area contributed by atoms with Crippen molar-refractivity contribution in [2.75, 3.05) is 14.2 Å². The zero-order chi connectivity index (χ0) is 29.2. The van der Waals surface area contributed by atoms with Gasteiger partial charge in [-0.2, -0.15) is 0 Å². The maximum Gasteiger partial charge on any atom is 1.00 e. The van der Waals surface area contributed by atoms with E-state index in [0.29, 0.717) is 56.0 Å². The number of hydrogen-bond donors (Lipinski definition) is 2. The smallest absolute Gasteiger partial charge is 0.792 e. The van der Waals surface area contributed by atoms with Crippen LogP contribution >= 0.6 is 7.37 Å². The molecule has 0 aliphatic carbocycles. The third-order valence-electron chi connectivity index (χ3n) is 7.13. The van der Waals surface area contributed by atoms with Crippen molar-refractivity contribution < 1.29 is 62.8 Å². The van der Waals surface area contributed by atoms with Gasteiger partial charge in [-0.1, -0.05) is 0 Å². The summed E-state index contributed by atoms with van der Waals surface area (Å²) >= 11 is 0. The van der Waals surface area contributed by atoms with E-state index < -0.39 is 19.3 Å². The summed E-state index contributed by atoms with van der Waals surface area (Å²) in [5, 5.41) is 0.0420. The van der Waals surface area contributed by atoms with Gasteiger partial charge in [-0.05, 0) is 72.8 Å². The summed E-state index contributed by atoms with van der Waals surface area (Å²) in [7, 11) is -1.75. The molecule has 3 heterocycles. The van der Waals surface area contributed by atoms with Crippen molar-refractivity contribution in [3.8, 4) is 34.3 Å². The molecule has 11 nitrogen and oxygen atoms in total. The van der Waals surface area contributed by atoms with Gasteiger partial charge < -0.3 is 33.6 Å². The molecule has 43 heavy (non-hydrogen) atoms. The van der Waals surface area contributed by atoms with Gasteiger partial charge in [-0.15, -0.1) is 0 Å². The number of carbonyl (C=O) groups is 2. The molecule has 208 valence electrons. The van der Waals surface area contributed by atoms with Crippen LogP contribution in [-0.4, -0.2) is 46.1 Å². The third kappa shape index (κ3) is 4.85. The molecular weight excluding hydrogens is 582 g/mol. The number of hydrogen-bond acceptors (Lipinski definition) is 9. The van der Waals surface area contributed by atoms with E-state index in [9.17, 15) is 19.0 Å². The number of ether oxygens (including phenoxy) is 3. The zero-order valence-corrected chi connectivity index (χ0v) is 26.0. The Labute approximate surface area is 266 Å². The number of nitrogens with one attached hydrogen (secondary N) is 2. The molecule has 0 unspecified atom stereocenters. The van der Waals surface area contributed by atoms with Crippen molar-refractivity contribution >= 4 is 52.0 Å². The fraction of sp³-hybridized carbons (Fsp3) is 0.0667. The first kappa shape index (κ1) is 28.9. The summed E-state index contributed by atoms with van der Waals surface area (Å²) in [6.45, 7) is 0. The Morgan fingerprint density at radius 3 is 1.58 bits per heavy atom. The molecule has 1 aliphatic rings. The number of rotatable bonds is 4. The van der Waals surface area contributed by atoms with Crippen molar-refractivity contribution in [3.63, 3.8) is 0 Å². The van der Waals surface area contributed by atoms with Crippen LogP contribution in [-0.2, 0) is 14.0 Å². The second kappa shape index (κ2) is 10.8. The SMILES string of the molecule is COC(=O)c1ccc2[nH]c(-c3ccc4c(c3)P(=O)([O-])c3cc(-c5nc6cc(C(=O)OC)ccc6[nH]5)ccc3O4)nc2c1.[Na+]. The standard InChI is InChI=1S/C30H21N4O7P.Na/c1-39-29(35)17-3-7-19-21(11-17)33-27(31-19)15-5-9-23-25(13-15)42(37,38)26-14-16(6-10-24(26)41-23)28-32-20-8-4-18(30(36)40-2)12-22(20)34-28;/h3-14H,1-2H3,(H,31,33)(H,32,34)(H,37,38);/q;+1/p-1. The Morgan fingerprint density at radius 2 is 1.16 bits per heavy atom. The van der Waals surface area contributed by atoms with Crippen molar-refractivity contribution in [2.45, 2.75) is 0 Å². The number of H-pyrrole nitrogens is 2. The molecule has 13 heteroatoms. The van der Waals surface area contributed by atoms with Crippen molar-refractivity contribution in [3.05, 3.63) is 83.9 Å². The molecule has 2 aromatic heterocycles. The number of nitrogens with zero attached hydrogens (tertiary/aromatic N) is 2. The number of aromatic amines is 2. The summed E-state index contributed by atoms with van der Waals surface area (Å²) < 4.78 is 29.4. The van der Waals surface area contributed by atoms with E-state index in [1.54, 1.807) is 60.7 Å². The van der Waals surface area contributed by atoms with Gasteiger partial charge in [-0.3, -0.25) is 0 Å². The number of methoxy groups -OCH3 is 2. The zero-order valence-electron chi connectivity index (χ0n) is 23.1. The number of aromatic nitrogens is 4. The molecular formula is C30H20N4NaO7P. The van der Waals surface area contributed by atoms with E-state index in [0.717, 1.165) is 0 Å². The molecule has 7 rings (SSSR count). The van der Waals surface area contributed by atoms with E-state index in [2.05, 4.69) is 19.9 Å². The van der Waals surface area contributed by atoms with Crippen molar-refractivity contribution in [2.24, 2.45) is 0 Å². The van der Waals surface area contributed by atoms with Crippen LogP contribution in [0.4, 0.5) is 0 Å². The van der Waals surface area contributed by atoms with Crippen LogP contribution in [0.5, 0.6) is 11.5 Å². The van der Waals surface area contributed by atoms with Gasteiger partial charge in [0.15, 0.2) is 0 Å². The third-order valence-corrected chi connectivity index (χ3v) is 9.09. The normalized spacial score (nSPS) is 13.0. The first-order chi connectivity index (χ1) is 20.2. The fourth-order valence-corrected chi connectivity index (χ4v) is 6.68. The molecule has 0 radical (unpaired) electrons. The van der Waals surface area contributed by atoms with E-state index in [-0.39, 0.29) is 51.7 Å². The van der Waals surface area contributed by atoms with Crippen molar-refractivity contribution in [1.82, 2.24) is 19.9 Å². The van der Waals surface area contributed by atoms with Crippen LogP contribution in [0.15, 0.2) is 72.8 Å². The maximum absolute atomic E-state index is 13.9. The minimum Gasteiger partial charge on any atom is -0.792 e. The monoisotopic (exact) mass is 602 g/mol. The molecule has 0 atom stereocenters. The van der Waals surface area contributed by atoms with Crippen LogP contribution in [0.1, 0.15) is 20.7 Å². The predicted molar refractivity (Wildman–Crippen MR) is 153 cm³/mol. The number of imidazole rings is 2. The molecule has 0 saturated carbocycles. The Balaban J connectivity index is 0.00000329. The fourth-order valence-electron chi connectivity index (χ4n) is 4.98. The molecule has 0 amide bonds. The van der Waals surface area contributed by atoms with Crippen molar-refractivity contribution in [1.29, 1.82) is 0 Å². The topological polar surface area (TPSA) is 159 Å². The van der Waals surface area contributed by atoms with Crippen LogP contribution in [0.2, 0.25) is 0 Å². The Hall–Kier alpha value is -4.25. The van der Waals surface area contributed by atoms with E-state index in [1.807, 2.05) is 0 Å². The first-order valence-electron chi connectivity index (χ1n) is 12.7. The molecule has 0 fully saturated rings. The molecule has 0 saturated heterocycles. The molecule has 1 aliphatic heterocycles.